The molecule has 1 aliphatic heterocycles. The predicted octanol–water partition coefficient (Wildman–Crippen LogP) is 4.77. The summed E-state index contributed by atoms with van der Waals surface area (Å²) in [7, 11) is 0. The number of aryl methyl sites for hydroxylation is 1. The van der Waals surface area contributed by atoms with Crippen LogP contribution in [0, 0.1) is 6.92 Å². The van der Waals surface area contributed by atoms with Crippen LogP contribution in [-0.4, -0.2) is 13.1 Å². The molecule has 2 aromatic carbocycles. The van der Waals surface area contributed by atoms with Gasteiger partial charge in [-0.2, -0.15) is 0 Å². The standard InChI is InChI=1S/C19H21N/c1-16-4-6-17(7-5-16)8-9-18-10-12-19(13-11-18)20-14-2-3-15-20/h4-13H,2-3,14-15H2,1H3. The first-order valence-electron chi connectivity index (χ1n) is 7.41. The molecule has 0 amide bonds. The smallest absolute Gasteiger partial charge is 0.0366 e. The van der Waals surface area contributed by atoms with E-state index < -0.39 is 0 Å². The lowest BCUT2D eigenvalue weighted by Gasteiger charge is -2.17. The summed E-state index contributed by atoms with van der Waals surface area (Å²) in [5.74, 6) is 0. The minimum atomic E-state index is 1.21. The van der Waals surface area contributed by atoms with Crippen molar-refractivity contribution in [1.82, 2.24) is 0 Å². The van der Waals surface area contributed by atoms with Crippen molar-refractivity contribution in [2.45, 2.75) is 19.8 Å². The van der Waals surface area contributed by atoms with Crippen molar-refractivity contribution < 1.29 is 0 Å². The van der Waals surface area contributed by atoms with E-state index in [1.54, 1.807) is 0 Å². The molecule has 1 heterocycles. The Hall–Kier alpha value is -2.02. The Morgan fingerprint density at radius 1 is 0.750 bits per heavy atom. The van der Waals surface area contributed by atoms with Gasteiger partial charge in [-0.05, 0) is 43.0 Å². The predicted molar refractivity (Wildman–Crippen MR) is 88.0 cm³/mol. The van der Waals surface area contributed by atoms with Crippen LogP contribution in [0.15, 0.2) is 48.5 Å². The van der Waals surface area contributed by atoms with Crippen LogP contribution in [0.4, 0.5) is 5.69 Å². The lowest BCUT2D eigenvalue weighted by atomic mass is 10.1. The number of hydrogen-bond donors (Lipinski definition) is 0. The fraction of sp³-hybridized carbons (Fsp3) is 0.263. The highest BCUT2D eigenvalue weighted by Gasteiger charge is 2.11. The van der Waals surface area contributed by atoms with Crippen molar-refractivity contribution in [1.29, 1.82) is 0 Å². The molecule has 1 nitrogen and oxygen atoms in total. The van der Waals surface area contributed by atoms with E-state index in [0.29, 0.717) is 0 Å². The van der Waals surface area contributed by atoms with Gasteiger partial charge in [0.05, 0.1) is 0 Å². The molecule has 1 saturated heterocycles. The Morgan fingerprint density at radius 2 is 1.25 bits per heavy atom. The largest absolute Gasteiger partial charge is 0.372 e. The lowest BCUT2D eigenvalue weighted by Crippen LogP contribution is -2.17. The minimum Gasteiger partial charge on any atom is -0.372 e. The lowest BCUT2D eigenvalue weighted by molar-refractivity contribution is 0.949. The summed E-state index contributed by atoms with van der Waals surface area (Å²) in [4.78, 5) is 2.47. The average Bonchev–Trinajstić information content (AvgIpc) is 3.01. The van der Waals surface area contributed by atoms with Crippen LogP contribution < -0.4 is 4.90 Å². The molecule has 0 spiro atoms. The molecule has 0 atom stereocenters. The number of nitrogens with zero attached hydrogens (tertiary/aromatic N) is 1. The van der Waals surface area contributed by atoms with E-state index in [1.165, 1.54) is 48.3 Å². The molecular formula is C19H21N. The van der Waals surface area contributed by atoms with Crippen LogP contribution in [0.1, 0.15) is 29.5 Å². The van der Waals surface area contributed by atoms with Gasteiger partial charge < -0.3 is 4.90 Å². The van der Waals surface area contributed by atoms with E-state index in [-0.39, 0.29) is 0 Å². The summed E-state index contributed by atoms with van der Waals surface area (Å²) >= 11 is 0. The van der Waals surface area contributed by atoms with E-state index >= 15 is 0 Å². The highest BCUT2D eigenvalue weighted by Crippen LogP contribution is 2.21. The Bertz CT molecular complexity index is 572. The third kappa shape index (κ3) is 3.11. The highest BCUT2D eigenvalue weighted by molar-refractivity contribution is 5.70. The number of benzene rings is 2. The zero-order valence-electron chi connectivity index (χ0n) is 12.0. The van der Waals surface area contributed by atoms with Crippen LogP contribution in [0.5, 0.6) is 0 Å². The van der Waals surface area contributed by atoms with Gasteiger partial charge in [-0.25, -0.2) is 0 Å². The van der Waals surface area contributed by atoms with Crippen LogP contribution in [0.3, 0.4) is 0 Å². The normalized spacial score (nSPS) is 15.2. The van der Waals surface area contributed by atoms with Crippen LogP contribution in [0.2, 0.25) is 0 Å². The first-order chi connectivity index (χ1) is 9.81. The zero-order valence-corrected chi connectivity index (χ0v) is 12.0. The van der Waals surface area contributed by atoms with Gasteiger partial charge in [0.15, 0.2) is 0 Å². The summed E-state index contributed by atoms with van der Waals surface area (Å²) < 4.78 is 0. The monoisotopic (exact) mass is 263 g/mol. The quantitative estimate of drug-likeness (QED) is 0.721. The molecule has 0 saturated carbocycles. The molecule has 0 radical (unpaired) electrons. The van der Waals surface area contributed by atoms with E-state index in [1.807, 2.05) is 0 Å². The molecule has 0 unspecified atom stereocenters. The summed E-state index contributed by atoms with van der Waals surface area (Å²) in [6, 6.07) is 17.5. The highest BCUT2D eigenvalue weighted by atomic mass is 15.1. The van der Waals surface area contributed by atoms with Crippen molar-refractivity contribution in [3.8, 4) is 0 Å². The van der Waals surface area contributed by atoms with Gasteiger partial charge in [-0.15, -0.1) is 0 Å². The van der Waals surface area contributed by atoms with Crippen LogP contribution in [0.25, 0.3) is 12.2 Å². The zero-order chi connectivity index (χ0) is 13.8. The fourth-order valence-corrected chi connectivity index (χ4v) is 2.64. The van der Waals surface area contributed by atoms with E-state index in [4.69, 9.17) is 0 Å². The molecule has 0 aliphatic carbocycles. The Morgan fingerprint density at radius 3 is 1.80 bits per heavy atom. The number of anilines is 1. The minimum absolute atomic E-state index is 1.21. The molecule has 0 N–H and O–H groups in total. The second-order valence-corrected chi connectivity index (χ2v) is 5.53. The fourth-order valence-electron chi connectivity index (χ4n) is 2.64. The first kappa shape index (κ1) is 13.0. The second-order valence-electron chi connectivity index (χ2n) is 5.53. The summed E-state index contributed by atoms with van der Waals surface area (Å²) in [6.45, 7) is 4.53. The molecule has 3 rings (SSSR count). The van der Waals surface area contributed by atoms with Gasteiger partial charge >= 0.3 is 0 Å². The topological polar surface area (TPSA) is 3.24 Å². The summed E-state index contributed by atoms with van der Waals surface area (Å²) in [5, 5.41) is 0. The molecular weight excluding hydrogens is 242 g/mol. The van der Waals surface area contributed by atoms with Crippen molar-refractivity contribution >= 4 is 17.8 Å². The van der Waals surface area contributed by atoms with Gasteiger partial charge in [-0.3, -0.25) is 0 Å². The summed E-state index contributed by atoms with van der Waals surface area (Å²) in [6.07, 6.45) is 7.01. The molecule has 1 fully saturated rings. The van der Waals surface area contributed by atoms with Gasteiger partial charge in [0.1, 0.15) is 0 Å². The Balaban J connectivity index is 1.69. The molecule has 0 bridgehead atoms. The van der Waals surface area contributed by atoms with Crippen molar-refractivity contribution in [2.75, 3.05) is 18.0 Å². The molecule has 2 aromatic rings. The third-order valence-electron chi connectivity index (χ3n) is 3.91. The van der Waals surface area contributed by atoms with Gasteiger partial charge in [0, 0.05) is 18.8 Å². The molecule has 1 heteroatoms. The van der Waals surface area contributed by atoms with E-state index in [2.05, 4.69) is 72.5 Å². The van der Waals surface area contributed by atoms with E-state index in [9.17, 15) is 0 Å². The summed E-state index contributed by atoms with van der Waals surface area (Å²) in [5.41, 5.74) is 5.17. The maximum absolute atomic E-state index is 2.47. The molecule has 1 aliphatic rings. The van der Waals surface area contributed by atoms with Gasteiger partial charge in [-0.1, -0.05) is 54.1 Å². The number of hydrogen-bond acceptors (Lipinski definition) is 1. The Labute approximate surface area is 121 Å². The van der Waals surface area contributed by atoms with Gasteiger partial charge in [0.2, 0.25) is 0 Å². The Kier molecular flexibility index (Phi) is 3.87. The van der Waals surface area contributed by atoms with Crippen molar-refractivity contribution in [3.63, 3.8) is 0 Å². The third-order valence-corrected chi connectivity index (χ3v) is 3.91. The van der Waals surface area contributed by atoms with E-state index in [0.717, 1.165) is 0 Å². The van der Waals surface area contributed by atoms with Crippen molar-refractivity contribution in [3.05, 3.63) is 65.2 Å². The maximum Gasteiger partial charge on any atom is 0.0366 e. The van der Waals surface area contributed by atoms with Gasteiger partial charge in [0.25, 0.3) is 0 Å². The molecule has 20 heavy (non-hydrogen) atoms. The van der Waals surface area contributed by atoms with Crippen LogP contribution in [-0.2, 0) is 0 Å². The molecule has 0 aromatic heterocycles. The number of rotatable bonds is 3. The first-order valence-corrected chi connectivity index (χ1v) is 7.41. The SMILES string of the molecule is Cc1ccc(C=Cc2ccc(N3CCCC3)cc2)cc1. The second kappa shape index (κ2) is 5.96. The van der Waals surface area contributed by atoms with Crippen molar-refractivity contribution in [2.24, 2.45) is 0 Å². The maximum atomic E-state index is 2.47. The average molecular weight is 263 g/mol. The van der Waals surface area contributed by atoms with Crippen LogP contribution >= 0.6 is 0 Å². The molecule has 102 valence electrons.